The van der Waals surface area contributed by atoms with Gasteiger partial charge in [-0.05, 0) is 25.5 Å². The highest BCUT2D eigenvalue weighted by Gasteiger charge is 2.19. The van der Waals surface area contributed by atoms with Gasteiger partial charge >= 0.3 is 0 Å². The highest BCUT2D eigenvalue weighted by Crippen LogP contribution is 2.33. The lowest BCUT2D eigenvalue weighted by Gasteiger charge is -2.30. The number of hydrogen-bond donors (Lipinski definition) is 1. The van der Waals surface area contributed by atoms with Gasteiger partial charge in [-0.15, -0.1) is 0 Å². The molecule has 0 aliphatic carbocycles. The molecule has 3 heteroatoms. The van der Waals surface area contributed by atoms with Crippen LogP contribution < -0.4 is 4.90 Å². The fourth-order valence-corrected chi connectivity index (χ4v) is 2.54. The molecule has 1 N–H and O–H groups in total. The zero-order valence-corrected chi connectivity index (χ0v) is 12.8. The molecule has 2 aromatic rings. The number of nitrogens with zero attached hydrogens (tertiary/aromatic N) is 1. The highest BCUT2D eigenvalue weighted by molar-refractivity contribution is 5.55. The average Bonchev–Trinajstić information content (AvgIpc) is 2.53. The van der Waals surface area contributed by atoms with Crippen LogP contribution in [0.2, 0.25) is 0 Å². The molecule has 0 aromatic heterocycles. The minimum atomic E-state index is -0.503. The van der Waals surface area contributed by atoms with E-state index >= 15 is 0 Å². The van der Waals surface area contributed by atoms with Crippen molar-refractivity contribution in [3.8, 4) is 0 Å². The molecule has 0 bridgehead atoms. The summed E-state index contributed by atoms with van der Waals surface area (Å²) < 4.78 is 14.0. The van der Waals surface area contributed by atoms with Crippen molar-refractivity contribution in [2.24, 2.45) is 0 Å². The molecule has 0 radical (unpaired) electrons. The zero-order valence-electron chi connectivity index (χ0n) is 12.8. The molecule has 0 aliphatic rings. The Hall–Kier alpha value is -1.87. The number of para-hydroxylation sites is 1. The van der Waals surface area contributed by atoms with Crippen LogP contribution in [-0.4, -0.2) is 12.2 Å². The second-order valence-corrected chi connectivity index (χ2v) is 5.29. The van der Waals surface area contributed by atoms with Gasteiger partial charge < -0.3 is 10.0 Å². The summed E-state index contributed by atoms with van der Waals surface area (Å²) in [5, 5.41) is 10.2. The molecule has 0 fully saturated rings. The minimum Gasteiger partial charge on any atom is -0.388 e. The standard InChI is InChI=1S/C18H22FNO/c1-4-18(21)15-10-6-8-12-17(15)20(3)13(2)14-9-5-7-11-16(14)19/h5-13,18,21H,4H2,1-3H3. The maximum absolute atomic E-state index is 14.0. The molecule has 112 valence electrons. The van der Waals surface area contributed by atoms with Crippen LogP contribution in [0.25, 0.3) is 0 Å². The van der Waals surface area contributed by atoms with Crippen LogP contribution in [0.5, 0.6) is 0 Å². The van der Waals surface area contributed by atoms with Gasteiger partial charge in [-0.3, -0.25) is 0 Å². The van der Waals surface area contributed by atoms with E-state index in [1.165, 1.54) is 6.07 Å². The quantitative estimate of drug-likeness (QED) is 0.877. The van der Waals surface area contributed by atoms with Gasteiger partial charge in [-0.25, -0.2) is 4.39 Å². The Morgan fingerprint density at radius 3 is 2.24 bits per heavy atom. The van der Waals surface area contributed by atoms with Crippen LogP contribution in [0.1, 0.15) is 43.5 Å². The van der Waals surface area contributed by atoms with Crippen molar-refractivity contribution >= 4 is 5.69 Å². The molecule has 21 heavy (non-hydrogen) atoms. The number of rotatable bonds is 5. The number of aliphatic hydroxyl groups is 1. The van der Waals surface area contributed by atoms with E-state index in [9.17, 15) is 9.50 Å². The molecule has 2 nitrogen and oxygen atoms in total. The van der Waals surface area contributed by atoms with E-state index < -0.39 is 6.10 Å². The third-order valence-electron chi connectivity index (χ3n) is 4.00. The smallest absolute Gasteiger partial charge is 0.128 e. The van der Waals surface area contributed by atoms with Gasteiger partial charge in [0.15, 0.2) is 0 Å². The lowest BCUT2D eigenvalue weighted by molar-refractivity contribution is 0.174. The maximum Gasteiger partial charge on any atom is 0.128 e. The Morgan fingerprint density at radius 1 is 1.05 bits per heavy atom. The van der Waals surface area contributed by atoms with Crippen molar-refractivity contribution in [2.75, 3.05) is 11.9 Å². The molecule has 2 rings (SSSR count). The van der Waals surface area contributed by atoms with Gasteiger partial charge in [0, 0.05) is 23.9 Å². The van der Waals surface area contributed by atoms with Gasteiger partial charge in [0.2, 0.25) is 0 Å². The molecule has 2 atom stereocenters. The molecule has 0 amide bonds. The molecular weight excluding hydrogens is 265 g/mol. The summed E-state index contributed by atoms with van der Waals surface area (Å²) in [5.74, 6) is -0.203. The van der Waals surface area contributed by atoms with Crippen LogP contribution in [0.4, 0.5) is 10.1 Å². The Labute approximate surface area is 125 Å². The van der Waals surface area contributed by atoms with Crippen molar-refractivity contribution < 1.29 is 9.50 Å². The molecule has 2 unspecified atom stereocenters. The van der Waals surface area contributed by atoms with E-state index in [1.54, 1.807) is 12.1 Å². The summed E-state index contributed by atoms with van der Waals surface area (Å²) in [7, 11) is 1.93. The second kappa shape index (κ2) is 6.72. The van der Waals surface area contributed by atoms with E-state index in [4.69, 9.17) is 0 Å². The van der Waals surface area contributed by atoms with E-state index in [0.717, 1.165) is 11.3 Å². The summed E-state index contributed by atoms with van der Waals surface area (Å²) >= 11 is 0. The van der Waals surface area contributed by atoms with Gasteiger partial charge in [0.25, 0.3) is 0 Å². The Bertz CT molecular complexity index is 599. The van der Waals surface area contributed by atoms with Crippen LogP contribution >= 0.6 is 0 Å². The van der Waals surface area contributed by atoms with E-state index in [-0.39, 0.29) is 11.9 Å². The molecule has 2 aromatic carbocycles. The summed E-state index contributed by atoms with van der Waals surface area (Å²) in [6, 6.07) is 14.4. The van der Waals surface area contributed by atoms with Crippen LogP contribution in [0.3, 0.4) is 0 Å². The molecule has 0 heterocycles. The van der Waals surface area contributed by atoms with Gasteiger partial charge in [0.05, 0.1) is 12.1 Å². The Morgan fingerprint density at radius 2 is 1.62 bits per heavy atom. The Balaban J connectivity index is 2.36. The van der Waals surface area contributed by atoms with Gasteiger partial charge in [-0.2, -0.15) is 0 Å². The highest BCUT2D eigenvalue weighted by atomic mass is 19.1. The number of aliphatic hydroxyl groups excluding tert-OH is 1. The fraction of sp³-hybridized carbons (Fsp3) is 0.333. The fourth-order valence-electron chi connectivity index (χ4n) is 2.54. The third kappa shape index (κ3) is 3.24. The summed E-state index contributed by atoms with van der Waals surface area (Å²) in [5.41, 5.74) is 2.47. The first-order valence-corrected chi connectivity index (χ1v) is 7.30. The predicted molar refractivity (Wildman–Crippen MR) is 84.9 cm³/mol. The first kappa shape index (κ1) is 15.5. The number of benzene rings is 2. The first-order valence-electron chi connectivity index (χ1n) is 7.30. The third-order valence-corrected chi connectivity index (χ3v) is 4.00. The minimum absolute atomic E-state index is 0.114. The summed E-state index contributed by atoms with van der Waals surface area (Å²) in [6.07, 6.45) is 0.148. The number of halogens is 1. The lowest BCUT2D eigenvalue weighted by Crippen LogP contribution is -2.24. The monoisotopic (exact) mass is 287 g/mol. The predicted octanol–water partition coefficient (Wildman–Crippen LogP) is 4.47. The molecule has 0 aliphatic heterocycles. The average molecular weight is 287 g/mol. The van der Waals surface area contributed by atoms with Gasteiger partial charge in [-0.1, -0.05) is 43.3 Å². The second-order valence-electron chi connectivity index (χ2n) is 5.29. The van der Waals surface area contributed by atoms with Crippen molar-refractivity contribution in [1.29, 1.82) is 0 Å². The number of anilines is 1. The van der Waals surface area contributed by atoms with E-state index in [0.29, 0.717) is 12.0 Å². The largest absolute Gasteiger partial charge is 0.388 e. The SMILES string of the molecule is CCC(O)c1ccccc1N(C)C(C)c1ccccc1F. The molecule has 0 saturated carbocycles. The van der Waals surface area contributed by atoms with E-state index in [2.05, 4.69) is 0 Å². The zero-order chi connectivity index (χ0) is 15.4. The summed E-state index contributed by atoms with van der Waals surface area (Å²) in [6.45, 7) is 3.91. The van der Waals surface area contributed by atoms with Gasteiger partial charge in [0.1, 0.15) is 5.82 Å². The lowest BCUT2D eigenvalue weighted by atomic mass is 10.0. The van der Waals surface area contributed by atoms with Crippen molar-refractivity contribution in [3.05, 3.63) is 65.5 Å². The van der Waals surface area contributed by atoms with Crippen LogP contribution in [0.15, 0.2) is 48.5 Å². The Kier molecular flexibility index (Phi) is 4.97. The van der Waals surface area contributed by atoms with Crippen molar-refractivity contribution in [2.45, 2.75) is 32.4 Å². The van der Waals surface area contributed by atoms with E-state index in [1.807, 2.05) is 56.1 Å². The maximum atomic E-state index is 14.0. The first-order chi connectivity index (χ1) is 10.1. The van der Waals surface area contributed by atoms with Crippen molar-refractivity contribution in [3.63, 3.8) is 0 Å². The summed E-state index contributed by atoms with van der Waals surface area (Å²) in [4.78, 5) is 2.01. The van der Waals surface area contributed by atoms with Crippen molar-refractivity contribution in [1.82, 2.24) is 0 Å². The van der Waals surface area contributed by atoms with Crippen LogP contribution in [-0.2, 0) is 0 Å². The molecular formula is C18H22FNO. The topological polar surface area (TPSA) is 23.5 Å². The molecule has 0 saturated heterocycles. The van der Waals surface area contributed by atoms with Crippen LogP contribution in [0, 0.1) is 5.82 Å². The normalized spacial score (nSPS) is 13.8. The molecule has 0 spiro atoms. The number of hydrogen-bond acceptors (Lipinski definition) is 2.